The van der Waals surface area contributed by atoms with Crippen molar-refractivity contribution in [2.75, 3.05) is 75.1 Å². The highest BCUT2D eigenvalue weighted by atomic mass is 127. The number of carbonyl (C=O) groups is 7. The van der Waals surface area contributed by atoms with E-state index in [1.54, 1.807) is 108 Å². The fourth-order valence-corrected chi connectivity index (χ4v) is 15.4. The average molecular weight is 1890 g/mol. The van der Waals surface area contributed by atoms with E-state index in [1.165, 1.54) is 4.90 Å². The number of hydrogen-bond acceptors (Lipinski definition) is 16. The Morgan fingerprint density at radius 3 is 1.48 bits per heavy atom. The van der Waals surface area contributed by atoms with Gasteiger partial charge in [0.1, 0.15) is 0 Å². The molecule has 0 unspecified atom stereocenters. The lowest BCUT2D eigenvalue weighted by atomic mass is 9.98. The van der Waals surface area contributed by atoms with Crippen LogP contribution in [0.1, 0.15) is 88.9 Å². The van der Waals surface area contributed by atoms with Crippen LogP contribution in [-0.4, -0.2) is 131 Å². The molecule has 0 fully saturated rings. The Bertz CT molecular complexity index is 4520. The number of thiazole rings is 1. The molecule has 11 rings (SSSR count). The number of nitrogens with zero attached hydrogens (tertiary/aromatic N) is 4. The molecule has 3 aliphatic rings. The van der Waals surface area contributed by atoms with Crippen molar-refractivity contribution >= 4 is 223 Å². The van der Waals surface area contributed by atoms with E-state index in [1.807, 2.05) is 75.5 Å². The lowest BCUT2D eigenvalue weighted by Gasteiger charge is -2.20. The van der Waals surface area contributed by atoms with Crippen LogP contribution in [0.2, 0.25) is 0 Å². The third-order valence-electron chi connectivity index (χ3n) is 14.9. The second-order valence-electron chi connectivity index (χ2n) is 21.8. The number of pyridine rings is 1. The molecule has 101 heavy (non-hydrogen) atoms. The van der Waals surface area contributed by atoms with Gasteiger partial charge in [0, 0.05) is 128 Å². The number of halogens is 7. The third-order valence-corrected chi connectivity index (χ3v) is 19.9. The minimum absolute atomic E-state index is 0. The van der Waals surface area contributed by atoms with Crippen LogP contribution < -0.4 is 35.5 Å². The molecule has 3 aliphatic heterocycles. The van der Waals surface area contributed by atoms with Crippen molar-refractivity contribution in [2.45, 2.75) is 41.5 Å². The molecule has 6 N–H and O–H groups in total. The Morgan fingerprint density at radius 2 is 1.02 bits per heavy atom. The minimum Gasteiger partial charge on any atom is -0.408 e. The summed E-state index contributed by atoms with van der Waals surface area (Å²) in [6.45, 7) is 9.83. The largest absolute Gasteiger partial charge is 0.415 e. The summed E-state index contributed by atoms with van der Waals surface area (Å²) in [7, 11) is 0. The number of carbonyl (C=O) groups excluding carboxylic acids is 7. The number of hydrogen-bond donors (Lipinski definition) is 6. The molecule has 8 aromatic rings. The first-order valence-corrected chi connectivity index (χ1v) is 37.4. The number of aliphatic hydroxyl groups excluding tert-OH is 2. The first-order valence-electron chi connectivity index (χ1n) is 30.7. The maximum atomic E-state index is 12.9. The lowest BCUT2D eigenvalue weighted by Crippen LogP contribution is -2.38. The number of ketones is 1. The Balaban J connectivity index is 0.000000192. The number of aryl methyl sites for hydroxylation is 1. The van der Waals surface area contributed by atoms with Gasteiger partial charge in [0.15, 0.2) is 23.0 Å². The molecule has 526 valence electrons. The minimum atomic E-state index is -0.700. The Kier molecular flexibility index (Phi) is 29.3. The zero-order valence-corrected chi connectivity index (χ0v) is 66.1. The summed E-state index contributed by atoms with van der Waals surface area (Å²) in [5, 5.41) is 32.5. The SMILES string of the molecule is C.CCCOCCNC(=O)Oc1c(Br)cc(C=C2C(=O)Nc3ccc(I)cc32)cc1Br.CCN(CC)C(=O)Oc1c(Br)cc(/C=C2\C(=O)Nc3ccc(C(=O)c4ccncc4)cc32)cc1Br.Cc1nc(-c2ccc3c(c2)/C(=C/c2cc(Br)c(OC(=O)N(CCO)CCO)c(Br)c2)C(=O)N3)cs1. The number of anilines is 3. The number of aromatic nitrogens is 2. The van der Waals surface area contributed by atoms with E-state index in [0.717, 1.165) is 54.3 Å². The molecule has 21 nitrogen and oxygen atoms in total. The number of aliphatic hydroxyl groups is 2. The molecule has 5 heterocycles. The highest BCUT2D eigenvalue weighted by Gasteiger charge is 2.30. The van der Waals surface area contributed by atoms with Crippen molar-refractivity contribution < 1.29 is 62.7 Å². The van der Waals surface area contributed by atoms with Crippen LogP contribution in [0.25, 0.3) is 46.2 Å². The zero-order chi connectivity index (χ0) is 71.9. The monoisotopic (exact) mass is 1880 g/mol. The predicted octanol–water partition coefficient (Wildman–Crippen LogP) is 17.6. The Hall–Kier alpha value is -7.30. The van der Waals surface area contributed by atoms with Crippen molar-refractivity contribution in [3.8, 4) is 28.5 Å². The molecule has 0 radical (unpaired) electrons. The molecule has 0 saturated heterocycles. The van der Waals surface area contributed by atoms with E-state index in [9.17, 15) is 33.6 Å². The first kappa shape index (κ1) is 79.4. The van der Waals surface area contributed by atoms with Gasteiger partial charge in [0.05, 0.1) is 57.4 Å². The van der Waals surface area contributed by atoms with Crippen molar-refractivity contribution in [2.24, 2.45) is 0 Å². The highest BCUT2D eigenvalue weighted by molar-refractivity contribution is 14.1. The number of rotatable bonds is 20. The quantitative estimate of drug-likeness (QED) is 0.0179. The lowest BCUT2D eigenvalue weighted by molar-refractivity contribution is -0.111. The van der Waals surface area contributed by atoms with E-state index < -0.39 is 18.3 Å². The van der Waals surface area contributed by atoms with Gasteiger partial charge >= 0.3 is 18.3 Å². The van der Waals surface area contributed by atoms with Crippen LogP contribution >= 0.6 is 130 Å². The predicted molar refractivity (Wildman–Crippen MR) is 423 cm³/mol. The Morgan fingerprint density at radius 1 is 0.574 bits per heavy atom. The van der Waals surface area contributed by atoms with Crippen LogP contribution in [0.5, 0.6) is 17.2 Å². The second kappa shape index (κ2) is 37.2. The summed E-state index contributed by atoms with van der Waals surface area (Å²) in [6, 6.07) is 30.6. The third kappa shape index (κ3) is 20.3. The highest BCUT2D eigenvalue weighted by Crippen LogP contribution is 2.43. The normalized spacial score (nSPS) is 13.5. The molecule has 0 atom stereocenters. The van der Waals surface area contributed by atoms with E-state index >= 15 is 0 Å². The van der Waals surface area contributed by atoms with Crippen molar-refractivity contribution in [3.05, 3.63) is 201 Å². The summed E-state index contributed by atoms with van der Waals surface area (Å²) in [5.74, 6) is 0.176. The molecular weight excluding hydrogens is 1820 g/mol. The summed E-state index contributed by atoms with van der Waals surface area (Å²) in [4.78, 5) is 98.9. The number of fused-ring (bicyclic) bond motifs is 3. The van der Waals surface area contributed by atoms with Crippen LogP contribution in [0.3, 0.4) is 0 Å². The number of benzene rings is 6. The molecule has 29 heteroatoms. The zero-order valence-electron chi connectivity index (χ0n) is 53.6. The summed E-state index contributed by atoms with van der Waals surface area (Å²) in [5.41, 5.74) is 10.9. The van der Waals surface area contributed by atoms with Gasteiger partial charge in [-0.05, 0) is 277 Å². The van der Waals surface area contributed by atoms with Gasteiger partial charge < -0.3 is 60.2 Å². The Labute approximate surface area is 650 Å². The molecule has 0 bridgehead atoms. The van der Waals surface area contributed by atoms with E-state index in [-0.39, 0.29) is 63.0 Å². The molecule has 2 aromatic heterocycles. The molecule has 0 saturated carbocycles. The fraction of sp³-hybridized carbons (Fsp3) is 0.208. The van der Waals surface area contributed by atoms with Gasteiger partial charge in [-0.1, -0.05) is 20.4 Å². The second-order valence-corrected chi connectivity index (χ2v) is 29.2. The maximum absolute atomic E-state index is 12.9. The topological polar surface area (TPSA) is 277 Å². The first-order chi connectivity index (χ1) is 48.0. The van der Waals surface area contributed by atoms with Gasteiger partial charge in [0.25, 0.3) is 17.7 Å². The van der Waals surface area contributed by atoms with Crippen molar-refractivity contribution in [3.63, 3.8) is 0 Å². The standard InChI is InChI=1S/C26H21Br2N3O4.C24H21Br2N3O5S.C21H19Br2IN2O4.CH4/c1-3-31(4-2)26(34)35-24-20(27)12-15(13-21(24)28)11-19-18-14-17(5-6-22(18)30-25(19)33)23(32)16-7-9-29-10-8-16;1-13-27-21(12-35-13)15-2-3-20-16(11-15)17(23(32)28-20)8-14-9-18(25)22(19(26)10-14)34-24(33)29(4-6-30)5-7-31;1-2-6-29-7-5-25-21(28)30-19-16(22)9-12(10-17(19)23)8-15-14-11-13(24)3-4-18(14)26-20(15)27;/h5-14H,3-4H2,1-2H3,(H,30,33);2-3,8-12,30-31H,4-7H2,1H3,(H,28,32);3-4,8-11H,2,5-7H2,1H3,(H,25,28)(H,26,27);1H4/b19-11-;17-8-;;. The van der Waals surface area contributed by atoms with Gasteiger partial charge in [-0.2, -0.15) is 0 Å². The molecule has 6 aromatic carbocycles. The van der Waals surface area contributed by atoms with E-state index in [4.69, 9.17) is 29.2 Å². The van der Waals surface area contributed by atoms with Crippen LogP contribution in [0.15, 0.2) is 148 Å². The summed E-state index contributed by atoms with van der Waals surface area (Å²) in [6.07, 6.45) is 7.65. The molecule has 0 spiro atoms. The number of nitrogens with one attached hydrogen (secondary N) is 4. The van der Waals surface area contributed by atoms with E-state index in [0.29, 0.717) is 121 Å². The van der Waals surface area contributed by atoms with Crippen molar-refractivity contribution in [1.82, 2.24) is 25.1 Å². The number of amides is 6. The van der Waals surface area contributed by atoms with Gasteiger partial charge in [0.2, 0.25) is 0 Å². The number of ether oxygens (including phenoxy) is 4. The van der Waals surface area contributed by atoms with Gasteiger partial charge in [-0.15, -0.1) is 11.3 Å². The van der Waals surface area contributed by atoms with E-state index in [2.05, 4.69) is 149 Å². The summed E-state index contributed by atoms with van der Waals surface area (Å²) < 4.78 is 26.1. The average Bonchev–Trinajstić information content (AvgIpc) is 1.67. The molecule has 6 amide bonds. The van der Waals surface area contributed by atoms with Crippen LogP contribution in [0.4, 0.5) is 31.4 Å². The summed E-state index contributed by atoms with van der Waals surface area (Å²) >= 11 is 24.5. The van der Waals surface area contributed by atoms with Crippen LogP contribution in [0, 0.1) is 10.5 Å². The fourth-order valence-electron chi connectivity index (χ4n) is 10.1. The maximum Gasteiger partial charge on any atom is 0.415 e. The molecule has 0 aliphatic carbocycles. The van der Waals surface area contributed by atoms with Gasteiger partial charge in [-0.25, -0.2) is 19.4 Å². The van der Waals surface area contributed by atoms with Crippen LogP contribution in [-0.2, 0) is 19.1 Å². The van der Waals surface area contributed by atoms with Crippen molar-refractivity contribution in [1.29, 1.82) is 0 Å². The van der Waals surface area contributed by atoms with Gasteiger partial charge in [-0.3, -0.25) is 24.2 Å². The smallest absolute Gasteiger partial charge is 0.408 e. The molecular formula is C72H65Br6IN8O13S.